The predicted molar refractivity (Wildman–Crippen MR) is 116 cm³/mol. The lowest BCUT2D eigenvalue weighted by molar-refractivity contribution is -0.121. The van der Waals surface area contributed by atoms with Crippen molar-refractivity contribution in [3.63, 3.8) is 0 Å². The van der Waals surface area contributed by atoms with E-state index in [0.717, 1.165) is 5.56 Å². The molecule has 0 spiro atoms. The van der Waals surface area contributed by atoms with Crippen LogP contribution in [0.4, 0.5) is 0 Å². The number of hydrogen-bond donors (Lipinski definition) is 3. The lowest BCUT2D eigenvalue weighted by atomic mass is 9.98. The number of halogens is 1. The summed E-state index contributed by atoms with van der Waals surface area (Å²) >= 11 is 6.02. The lowest BCUT2D eigenvalue weighted by Crippen LogP contribution is -2.51. The number of carbonyl (C=O) groups excluding carboxylic acids is 1. The highest BCUT2D eigenvalue weighted by Gasteiger charge is 2.34. The molecule has 3 N–H and O–H groups in total. The molecule has 1 aromatic carbocycles. The first-order valence-corrected chi connectivity index (χ1v) is 11.9. The maximum absolute atomic E-state index is 12.7. The fraction of sp³-hybridized carbons (Fsp3) is 0.429. The number of amides is 1. The van der Waals surface area contributed by atoms with E-state index < -0.39 is 22.2 Å². The van der Waals surface area contributed by atoms with Crippen LogP contribution in [0.2, 0.25) is 5.02 Å². The van der Waals surface area contributed by atoms with Crippen molar-refractivity contribution in [1.82, 2.24) is 15.0 Å². The van der Waals surface area contributed by atoms with Crippen molar-refractivity contribution in [1.29, 1.82) is 0 Å². The predicted octanol–water partition coefficient (Wildman–Crippen LogP) is 1.67. The lowest BCUT2D eigenvalue weighted by Gasteiger charge is -2.36. The summed E-state index contributed by atoms with van der Waals surface area (Å²) in [5, 5.41) is 12.7. The van der Waals surface area contributed by atoms with E-state index in [-0.39, 0.29) is 35.0 Å². The van der Waals surface area contributed by atoms with Gasteiger partial charge in [0, 0.05) is 18.9 Å². The van der Waals surface area contributed by atoms with Crippen LogP contribution in [0.5, 0.6) is 0 Å². The van der Waals surface area contributed by atoms with E-state index in [1.165, 1.54) is 12.1 Å². The van der Waals surface area contributed by atoms with Gasteiger partial charge in [0.1, 0.15) is 4.90 Å². The largest absolute Gasteiger partial charge is 0.394 e. The number of carbonyl (C=O) groups is 1. The molecular weight excluding hydrogens is 442 g/mol. The van der Waals surface area contributed by atoms with Crippen LogP contribution in [0.15, 0.2) is 53.7 Å². The number of sulfonamides is 1. The number of hydrogen-bond acceptors (Lipinski definition) is 6. The van der Waals surface area contributed by atoms with E-state index in [9.17, 15) is 18.3 Å². The van der Waals surface area contributed by atoms with E-state index in [0.29, 0.717) is 25.8 Å². The molecule has 1 aliphatic heterocycles. The topological polar surface area (TPSA) is 118 Å². The van der Waals surface area contributed by atoms with Gasteiger partial charge in [-0.25, -0.2) is 13.1 Å². The van der Waals surface area contributed by atoms with Crippen LogP contribution >= 0.6 is 11.6 Å². The Morgan fingerprint density at radius 1 is 1.19 bits per heavy atom. The van der Waals surface area contributed by atoms with Gasteiger partial charge in [-0.1, -0.05) is 23.7 Å². The molecular formula is C21H26ClN3O5S. The Labute approximate surface area is 187 Å². The SMILES string of the molecule is O=C(Cc1ccncc1)NCC[C@H]1CC[C@H](NS(=O)(=O)c2ccccc2Cl)[C@@H](CO)O1. The summed E-state index contributed by atoms with van der Waals surface area (Å²) in [5.41, 5.74) is 0.885. The van der Waals surface area contributed by atoms with Crippen LogP contribution in [0.3, 0.4) is 0 Å². The Morgan fingerprint density at radius 3 is 2.65 bits per heavy atom. The molecule has 1 saturated heterocycles. The van der Waals surface area contributed by atoms with Crippen molar-refractivity contribution in [2.45, 2.75) is 48.8 Å². The highest BCUT2D eigenvalue weighted by atomic mass is 35.5. The molecule has 0 radical (unpaired) electrons. The minimum absolute atomic E-state index is 0.00705. The minimum atomic E-state index is -3.84. The van der Waals surface area contributed by atoms with Crippen molar-refractivity contribution in [3.8, 4) is 0 Å². The van der Waals surface area contributed by atoms with Gasteiger partial charge in [-0.3, -0.25) is 9.78 Å². The second kappa shape index (κ2) is 11.0. The molecule has 2 aromatic rings. The van der Waals surface area contributed by atoms with Crippen molar-refractivity contribution >= 4 is 27.5 Å². The summed E-state index contributed by atoms with van der Waals surface area (Å²) in [6.45, 7) is 0.114. The smallest absolute Gasteiger partial charge is 0.242 e. The third-order valence-corrected chi connectivity index (χ3v) is 7.12. The Morgan fingerprint density at radius 2 is 1.94 bits per heavy atom. The fourth-order valence-corrected chi connectivity index (χ4v) is 5.34. The Balaban J connectivity index is 1.48. The van der Waals surface area contributed by atoms with Crippen LogP contribution in [0.1, 0.15) is 24.8 Å². The van der Waals surface area contributed by atoms with Gasteiger partial charge < -0.3 is 15.2 Å². The normalized spacial score (nSPS) is 21.5. The zero-order valence-corrected chi connectivity index (χ0v) is 18.5. The maximum atomic E-state index is 12.7. The summed E-state index contributed by atoms with van der Waals surface area (Å²) in [5.74, 6) is -0.0916. The second-order valence-corrected chi connectivity index (χ2v) is 9.48. The third-order valence-electron chi connectivity index (χ3n) is 5.13. The van der Waals surface area contributed by atoms with E-state index >= 15 is 0 Å². The molecule has 168 valence electrons. The Kier molecular flexibility index (Phi) is 8.39. The summed E-state index contributed by atoms with van der Waals surface area (Å²) in [4.78, 5) is 16.0. The van der Waals surface area contributed by atoms with Crippen molar-refractivity contribution < 1.29 is 23.1 Å². The van der Waals surface area contributed by atoms with Gasteiger partial charge in [-0.2, -0.15) is 0 Å². The summed E-state index contributed by atoms with van der Waals surface area (Å²) in [6, 6.07) is 9.21. The zero-order chi connectivity index (χ0) is 22.3. The molecule has 0 unspecified atom stereocenters. The number of ether oxygens (including phenoxy) is 1. The van der Waals surface area contributed by atoms with Crippen molar-refractivity contribution in [2.24, 2.45) is 0 Å². The molecule has 0 saturated carbocycles. The van der Waals surface area contributed by atoms with Gasteiger partial charge in [0.05, 0.1) is 36.3 Å². The number of rotatable bonds is 9. The molecule has 1 amide bonds. The number of nitrogens with zero attached hydrogens (tertiary/aromatic N) is 1. The number of aliphatic hydroxyl groups is 1. The van der Waals surface area contributed by atoms with Gasteiger partial charge in [0.25, 0.3) is 0 Å². The number of aliphatic hydroxyl groups excluding tert-OH is 1. The maximum Gasteiger partial charge on any atom is 0.242 e. The molecule has 3 atom stereocenters. The fourth-order valence-electron chi connectivity index (χ4n) is 3.53. The molecule has 3 rings (SSSR count). The van der Waals surface area contributed by atoms with Gasteiger partial charge in [-0.05, 0) is 49.1 Å². The Hall–Kier alpha value is -2.04. The van der Waals surface area contributed by atoms with Gasteiger partial charge in [-0.15, -0.1) is 0 Å². The number of aromatic nitrogens is 1. The molecule has 2 heterocycles. The molecule has 0 bridgehead atoms. The molecule has 0 aliphatic carbocycles. The van der Waals surface area contributed by atoms with Gasteiger partial charge in [0.15, 0.2) is 0 Å². The van der Waals surface area contributed by atoms with Crippen LogP contribution in [0.25, 0.3) is 0 Å². The summed E-state index contributed by atoms with van der Waals surface area (Å²) < 4.78 is 33.8. The number of benzene rings is 1. The van der Waals surface area contributed by atoms with Crippen molar-refractivity contribution in [3.05, 3.63) is 59.4 Å². The average Bonchev–Trinajstić information content (AvgIpc) is 2.75. The zero-order valence-electron chi connectivity index (χ0n) is 16.9. The van der Waals surface area contributed by atoms with Crippen LogP contribution in [0, 0.1) is 0 Å². The molecule has 31 heavy (non-hydrogen) atoms. The molecule has 1 aromatic heterocycles. The van der Waals surface area contributed by atoms with E-state index in [4.69, 9.17) is 16.3 Å². The van der Waals surface area contributed by atoms with Gasteiger partial charge in [0.2, 0.25) is 15.9 Å². The molecule has 10 heteroatoms. The van der Waals surface area contributed by atoms with Crippen LogP contribution < -0.4 is 10.0 Å². The molecule has 8 nitrogen and oxygen atoms in total. The van der Waals surface area contributed by atoms with Crippen LogP contribution in [-0.2, 0) is 26.0 Å². The number of pyridine rings is 1. The van der Waals surface area contributed by atoms with Crippen molar-refractivity contribution in [2.75, 3.05) is 13.2 Å². The standard InChI is InChI=1S/C21H26ClN3O5S/c22-17-3-1-2-4-20(17)31(28,29)25-18-6-5-16(30-19(18)14-26)9-12-24-21(27)13-15-7-10-23-11-8-15/h1-4,7-8,10-11,16,18-19,25-26H,5-6,9,12-14H2,(H,24,27)/t16-,18+,19-/m1/s1. The first-order chi connectivity index (χ1) is 14.9. The first kappa shape index (κ1) is 23.6. The van der Waals surface area contributed by atoms with Gasteiger partial charge >= 0.3 is 0 Å². The first-order valence-electron chi connectivity index (χ1n) is 10.1. The second-order valence-electron chi connectivity index (χ2n) is 7.39. The number of nitrogens with one attached hydrogen (secondary N) is 2. The van der Waals surface area contributed by atoms with Crippen LogP contribution in [-0.4, -0.2) is 55.8 Å². The summed E-state index contributed by atoms with van der Waals surface area (Å²) in [7, 11) is -3.84. The summed E-state index contributed by atoms with van der Waals surface area (Å²) in [6.07, 6.45) is 4.38. The highest BCUT2D eigenvalue weighted by molar-refractivity contribution is 7.89. The molecule has 1 aliphatic rings. The third kappa shape index (κ3) is 6.72. The monoisotopic (exact) mass is 467 g/mol. The quantitative estimate of drug-likeness (QED) is 0.516. The average molecular weight is 468 g/mol. The van der Waals surface area contributed by atoms with E-state index in [1.54, 1.807) is 36.7 Å². The Bertz CT molecular complexity index is 974. The highest BCUT2D eigenvalue weighted by Crippen LogP contribution is 2.25. The van der Waals surface area contributed by atoms with E-state index in [2.05, 4.69) is 15.0 Å². The molecule has 1 fully saturated rings. The minimum Gasteiger partial charge on any atom is -0.394 e. The van der Waals surface area contributed by atoms with E-state index in [1.807, 2.05) is 0 Å².